The fraction of sp³-hybridized carbons (Fsp3) is 0.500. The topological polar surface area (TPSA) is 54.0 Å². The molecule has 1 aliphatic rings. The van der Waals surface area contributed by atoms with Gasteiger partial charge in [0.15, 0.2) is 0 Å². The second kappa shape index (κ2) is 5.14. The Hall–Kier alpha value is -0.940. The van der Waals surface area contributed by atoms with E-state index in [-0.39, 0.29) is 11.9 Å². The molecular weight excluding hydrogens is 282 g/mol. The van der Waals surface area contributed by atoms with E-state index in [0.29, 0.717) is 17.7 Å². The second-order valence-corrected chi connectivity index (χ2v) is 5.37. The maximum atomic E-state index is 12.1. The van der Waals surface area contributed by atoms with Gasteiger partial charge in [0.25, 0.3) is 0 Å². The first-order valence-corrected chi connectivity index (χ1v) is 6.54. The molecule has 2 heterocycles. The third-order valence-corrected chi connectivity index (χ3v) is 3.77. The number of nitrogens with zero attached hydrogens (tertiary/aromatic N) is 1. The van der Waals surface area contributed by atoms with Gasteiger partial charge in [-0.05, 0) is 46.4 Å². The van der Waals surface area contributed by atoms with Crippen molar-refractivity contribution in [2.45, 2.75) is 19.9 Å². The number of amides is 1. The van der Waals surface area contributed by atoms with E-state index in [9.17, 15) is 4.79 Å². The quantitative estimate of drug-likeness (QED) is 0.821. The first-order valence-electron chi connectivity index (χ1n) is 5.74. The maximum Gasteiger partial charge on any atom is 0.242 e. The average Bonchev–Trinajstić information content (AvgIpc) is 2.60. The molecule has 17 heavy (non-hydrogen) atoms. The molecule has 2 rings (SSSR count). The molecule has 3 atom stereocenters. The Morgan fingerprint density at radius 1 is 1.53 bits per heavy atom. The van der Waals surface area contributed by atoms with Gasteiger partial charge in [0.2, 0.25) is 5.91 Å². The Kier molecular flexibility index (Phi) is 3.79. The van der Waals surface area contributed by atoms with Gasteiger partial charge in [0.1, 0.15) is 10.4 Å². The van der Waals surface area contributed by atoms with E-state index in [4.69, 9.17) is 0 Å². The van der Waals surface area contributed by atoms with E-state index < -0.39 is 0 Å². The number of aromatic nitrogens is 1. The molecule has 0 unspecified atom stereocenters. The number of hydrogen-bond acceptors (Lipinski definition) is 3. The lowest BCUT2D eigenvalue weighted by Gasteiger charge is -2.16. The Morgan fingerprint density at radius 3 is 2.88 bits per heavy atom. The molecule has 1 aromatic rings. The van der Waals surface area contributed by atoms with Crippen LogP contribution in [0.1, 0.15) is 13.8 Å². The van der Waals surface area contributed by atoms with Gasteiger partial charge in [-0.3, -0.25) is 4.79 Å². The highest BCUT2D eigenvalue weighted by Crippen LogP contribution is 2.22. The van der Waals surface area contributed by atoms with Crippen molar-refractivity contribution in [3.63, 3.8) is 0 Å². The van der Waals surface area contributed by atoms with Gasteiger partial charge in [0.05, 0.1) is 6.04 Å². The van der Waals surface area contributed by atoms with Crippen LogP contribution in [0.25, 0.3) is 0 Å². The molecule has 5 heteroatoms. The van der Waals surface area contributed by atoms with Crippen molar-refractivity contribution < 1.29 is 4.79 Å². The van der Waals surface area contributed by atoms with E-state index >= 15 is 0 Å². The lowest BCUT2D eigenvalue weighted by molar-refractivity contribution is -0.118. The minimum atomic E-state index is -0.120. The summed E-state index contributed by atoms with van der Waals surface area (Å²) in [6.45, 7) is 5.15. The molecule has 0 aliphatic carbocycles. The number of carbonyl (C=O) groups excluding carboxylic acids is 1. The predicted octanol–water partition coefficient (Wildman–Crippen LogP) is 2.03. The van der Waals surface area contributed by atoms with Crippen LogP contribution in [0.5, 0.6) is 0 Å². The third kappa shape index (κ3) is 2.84. The molecule has 0 spiro atoms. The third-order valence-electron chi connectivity index (χ3n) is 3.33. The van der Waals surface area contributed by atoms with Gasteiger partial charge < -0.3 is 10.6 Å². The van der Waals surface area contributed by atoms with Crippen LogP contribution >= 0.6 is 15.9 Å². The molecule has 4 nitrogen and oxygen atoms in total. The van der Waals surface area contributed by atoms with E-state index in [1.54, 1.807) is 6.07 Å². The molecule has 1 amide bonds. The first kappa shape index (κ1) is 12.5. The van der Waals surface area contributed by atoms with Crippen molar-refractivity contribution in [1.82, 2.24) is 10.3 Å². The summed E-state index contributed by atoms with van der Waals surface area (Å²) in [6.07, 6.45) is 0. The summed E-state index contributed by atoms with van der Waals surface area (Å²) in [5.74, 6) is 1.45. The number of anilines is 1. The summed E-state index contributed by atoms with van der Waals surface area (Å²) in [6, 6.07) is 5.34. The van der Waals surface area contributed by atoms with E-state index in [1.165, 1.54) is 0 Å². The van der Waals surface area contributed by atoms with Crippen molar-refractivity contribution in [3.8, 4) is 0 Å². The van der Waals surface area contributed by atoms with E-state index in [1.807, 2.05) is 12.1 Å². The highest BCUT2D eigenvalue weighted by molar-refractivity contribution is 9.10. The van der Waals surface area contributed by atoms with Gasteiger partial charge >= 0.3 is 0 Å². The van der Waals surface area contributed by atoms with Crippen LogP contribution in [0.3, 0.4) is 0 Å². The molecule has 0 aromatic carbocycles. The summed E-state index contributed by atoms with van der Waals surface area (Å²) < 4.78 is 0.719. The van der Waals surface area contributed by atoms with Crippen LogP contribution in [0.2, 0.25) is 0 Å². The van der Waals surface area contributed by atoms with Crippen molar-refractivity contribution in [2.75, 3.05) is 11.9 Å². The maximum absolute atomic E-state index is 12.1. The van der Waals surface area contributed by atoms with Crippen LogP contribution < -0.4 is 10.6 Å². The first-order chi connectivity index (χ1) is 8.08. The van der Waals surface area contributed by atoms with Gasteiger partial charge in [-0.25, -0.2) is 4.98 Å². The number of hydrogen-bond donors (Lipinski definition) is 2. The number of halogens is 1. The molecule has 1 aliphatic heterocycles. The molecule has 0 radical (unpaired) electrons. The highest BCUT2D eigenvalue weighted by atomic mass is 79.9. The molecule has 0 saturated carbocycles. The molecule has 1 fully saturated rings. The highest BCUT2D eigenvalue weighted by Gasteiger charge is 2.34. The van der Waals surface area contributed by atoms with Crippen molar-refractivity contribution >= 4 is 27.7 Å². The number of rotatable bonds is 2. The van der Waals surface area contributed by atoms with Gasteiger partial charge in [-0.15, -0.1) is 0 Å². The van der Waals surface area contributed by atoms with Gasteiger partial charge in [-0.1, -0.05) is 19.9 Å². The lowest BCUT2D eigenvalue weighted by Crippen LogP contribution is -2.39. The van der Waals surface area contributed by atoms with Crippen LogP contribution in [0.15, 0.2) is 22.8 Å². The Bertz CT molecular complexity index is 424. The van der Waals surface area contributed by atoms with Gasteiger partial charge in [-0.2, -0.15) is 0 Å². The lowest BCUT2D eigenvalue weighted by atomic mass is 9.94. The SMILES string of the molecule is C[C@@H]1[C@H](C)CN[C@@H]1C(=O)Nc1cccc(Br)n1. The standard InChI is InChI=1S/C12H16BrN3O/c1-7-6-14-11(8(7)2)12(17)16-10-5-3-4-9(13)15-10/h3-5,7-8,11,14H,6H2,1-2H3,(H,15,16,17)/t7-,8-,11+/m1/s1. The van der Waals surface area contributed by atoms with Crippen LogP contribution in [0.4, 0.5) is 5.82 Å². The number of pyridine rings is 1. The zero-order valence-corrected chi connectivity index (χ0v) is 11.5. The fourth-order valence-electron chi connectivity index (χ4n) is 2.03. The normalized spacial score (nSPS) is 28.1. The summed E-state index contributed by atoms with van der Waals surface area (Å²) >= 11 is 3.28. The van der Waals surface area contributed by atoms with Crippen LogP contribution in [-0.2, 0) is 4.79 Å². The van der Waals surface area contributed by atoms with E-state index in [0.717, 1.165) is 11.1 Å². The van der Waals surface area contributed by atoms with Crippen LogP contribution in [0, 0.1) is 11.8 Å². The Labute approximate surface area is 109 Å². The Balaban J connectivity index is 2.02. The second-order valence-electron chi connectivity index (χ2n) is 4.56. The molecule has 2 N–H and O–H groups in total. The number of carbonyl (C=O) groups is 1. The van der Waals surface area contributed by atoms with Crippen molar-refractivity contribution in [2.24, 2.45) is 11.8 Å². The smallest absolute Gasteiger partial charge is 0.242 e. The largest absolute Gasteiger partial charge is 0.309 e. The molecule has 92 valence electrons. The summed E-state index contributed by atoms with van der Waals surface area (Å²) in [5, 5.41) is 6.07. The summed E-state index contributed by atoms with van der Waals surface area (Å²) in [7, 11) is 0. The van der Waals surface area contributed by atoms with Gasteiger partial charge in [0, 0.05) is 0 Å². The average molecular weight is 298 g/mol. The molecular formula is C12H16BrN3O. The summed E-state index contributed by atoms with van der Waals surface area (Å²) in [4.78, 5) is 16.2. The zero-order chi connectivity index (χ0) is 12.4. The monoisotopic (exact) mass is 297 g/mol. The van der Waals surface area contributed by atoms with E-state index in [2.05, 4.69) is 45.4 Å². The minimum absolute atomic E-state index is 0.00699. The number of nitrogens with one attached hydrogen (secondary N) is 2. The fourth-order valence-corrected chi connectivity index (χ4v) is 2.37. The zero-order valence-electron chi connectivity index (χ0n) is 9.90. The van der Waals surface area contributed by atoms with Crippen molar-refractivity contribution in [1.29, 1.82) is 0 Å². The molecule has 1 saturated heterocycles. The Morgan fingerprint density at radius 2 is 2.29 bits per heavy atom. The predicted molar refractivity (Wildman–Crippen MR) is 70.7 cm³/mol. The minimum Gasteiger partial charge on any atom is -0.309 e. The molecule has 1 aromatic heterocycles. The summed E-state index contributed by atoms with van der Waals surface area (Å²) in [5.41, 5.74) is 0. The molecule has 0 bridgehead atoms. The van der Waals surface area contributed by atoms with Crippen molar-refractivity contribution in [3.05, 3.63) is 22.8 Å². The van der Waals surface area contributed by atoms with Crippen LogP contribution in [-0.4, -0.2) is 23.5 Å².